The Kier molecular flexibility index (Phi) is 6.70. The third kappa shape index (κ3) is 5.14. The molecule has 5 rings (SSSR count). The Balaban J connectivity index is 1.55. The van der Waals surface area contributed by atoms with Gasteiger partial charge in [-0.05, 0) is 60.8 Å². The van der Waals surface area contributed by atoms with E-state index in [0.29, 0.717) is 24.1 Å². The number of alkyl halides is 3. The molecule has 1 fully saturated rings. The van der Waals surface area contributed by atoms with Crippen LogP contribution in [0.5, 0.6) is 0 Å². The van der Waals surface area contributed by atoms with Crippen LogP contribution in [0, 0.1) is 5.82 Å². The van der Waals surface area contributed by atoms with Gasteiger partial charge in [-0.2, -0.15) is 13.2 Å². The van der Waals surface area contributed by atoms with E-state index in [2.05, 4.69) is 15.6 Å². The molecule has 0 saturated carbocycles. The summed E-state index contributed by atoms with van der Waals surface area (Å²) in [5.74, 6) is -1.10. The Bertz CT molecular complexity index is 1600. The second-order valence-electron chi connectivity index (χ2n) is 8.89. The standard InChI is InChI=1S/C26H21F4N3O4S/c27-19-7-8-21-18(12-19)13-23(37-21)38(35,36)25(33-24(34)20-5-2-10-31-20)16-4-1-3-15(11-16)17-6-9-22(32-14-17)26(28,29)30/h1,3-4,6-9,11-14,20,25,31H,2,5,10H2,(H,33,34)/t20?,25-/m0/s1. The van der Waals surface area contributed by atoms with Crippen LogP contribution in [0.4, 0.5) is 17.6 Å². The lowest BCUT2D eigenvalue weighted by Crippen LogP contribution is -2.44. The third-order valence-corrected chi connectivity index (χ3v) is 8.05. The van der Waals surface area contributed by atoms with Gasteiger partial charge in [0.2, 0.25) is 20.8 Å². The highest BCUT2D eigenvalue weighted by Gasteiger charge is 2.36. The number of hydrogen-bond acceptors (Lipinski definition) is 6. The van der Waals surface area contributed by atoms with Crippen molar-refractivity contribution in [1.82, 2.24) is 15.6 Å². The summed E-state index contributed by atoms with van der Waals surface area (Å²) in [6.45, 7) is 0.612. The molecular formula is C26H21F4N3O4S. The molecule has 2 aromatic carbocycles. The second kappa shape index (κ2) is 9.84. The number of aromatic nitrogens is 1. The molecule has 4 aromatic rings. The molecule has 12 heteroatoms. The van der Waals surface area contributed by atoms with Crippen molar-refractivity contribution in [2.24, 2.45) is 0 Å². The number of hydrogen-bond donors (Lipinski definition) is 2. The van der Waals surface area contributed by atoms with E-state index in [9.17, 15) is 30.8 Å². The van der Waals surface area contributed by atoms with Crippen molar-refractivity contribution < 1.29 is 35.2 Å². The van der Waals surface area contributed by atoms with E-state index >= 15 is 0 Å². The molecule has 0 radical (unpaired) electrons. The number of carbonyl (C=O) groups is 1. The number of benzene rings is 2. The summed E-state index contributed by atoms with van der Waals surface area (Å²) in [7, 11) is -4.39. The molecular weight excluding hydrogens is 526 g/mol. The minimum atomic E-state index is -4.60. The van der Waals surface area contributed by atoms with Crippen LogP contribution in [-0.2, 0) is 20.8 Å². The number of fused-ring (bicyclic) bond motifs is 1. The predicted octanol–water partition coefficient (Wildman–Crippen LogP) is 4.99. The Hall–Kier alpha value is -3.77. The average Bonchev–Trinajstić information content (AvgIpc) is 3.57. The number of furan rings is 1. The van der Waals surface area contributed by atoms with Crippen molar-refractivity contribution in [2.45, 2.75) is 35.5 Å². The lowest BCUT2D eigenvalue weighted by atomic mass is 10.0. The van der Waals surface area contributed by atoms with Crippen molar-refractivity contribution in [2.75, 3.05) is 6.54 Å². The van der Waals surface area contributed by atoms with Gasteiger partial charge < -0.3 is 15.1 Å². The zero-order valence-electron chi connectivity index (χ0n) is 19.6. The third-order valence-electron chi connectivity index (χ3n) is 6.27. The Morgan fingerprint density at radius 3 is 2.58 bits per heavy atom. The normalized spacial score (nSPS) is 17.0. The van der Waals surface area contributed by atoms with E-state index in [1.807, 2.05) is 0 Å². The van der Waals surface area contributed by atoms with E-state index in [0.717, 1.165) is 30.8 Å². The van der Waals surface area contributed by atoms with E-state index in [4.69, 9.17) is 4.42 Å². The quantitative estimate of drug-likeness (QED) is 0.330. The minimum Gasteiger partial charge on any atom is -0.445 e. The molecule has 2 atom stereocenters. The summed E-state index contributed by atoms with van der Waals surface area (Å²) in [4.78, 5) is 16.4. The first-order valence-corrected chi connectivity index (χ1v) is 13.2. The summed E-state index contributed by atoms with van der Waals surface area (Å²) in [5, 5.41) is 3.78. The second-order valence-corrected chi connectivity index (χ2v) is 10.8. The van der Waals surface area contributed by atoms with Crippen LogP contribution < -0.4 is 10.6 Å². The Morgan fingerprint density at radius 2 is 1.89 bits per heavy atom. The van der Waals surface area contributed by atoms with Gasteiger partial charge in [0.15, 0.2) is 5.37 Å². The first kappa shape index (κ1) is 25.9. The molecule has 0 bridgehead atoms. The van der Waals surface area contributed by atoms with Crippen LogP contribution in [0.2, 0.25) is 0 Å². The minimum absolute atomic E-state index is 0.150. The fourth-order valence-corrected chi connectivity index (χ4v) is 5.84. The Morgan fingerprint density at radius 1 is 1.08 bits per heavy atom. The van der Waals surface area contributed by atoms with Crippen LogP contribution in [-0.4, -0.2) is 31.9 Å². The van der Waals surface area contributed by atoms with Gasteiger partial charge in [0.1, 0.15) is 17.1 Å². The smallest absolute Gasteiger partial charge is 0.433 e. The SMILES string of the molecule is O=C(N[C@H](c1cccc(-c2ccc(C(F)(F)F)nc2)c1)S(=O)(=O)c1cc2cc(F)ccc2o1)C1CCCN1. The van der Waals surface area contributed by atoms with Gasteiger partial charge in [-0.3, -0.25) is 9.78 Å². The number of amides is 1. The van der Waals surface area contributed by atoms with Gasteiger partial charge in [-0.1, -0.05) is 24.3 Å². The number of nitrogens with zero attached hydrogens (tertiary/aromatic N) is 1. The number of nitrogens with one attached hydrogen (secondary N) is 2. The molecule has 0 aliphatic carbocycles. The number of rotatable bonds is 6. The van der Waals surface area contributed by atoms with Gasteiger partial charge in [0, 0.05) is 23.2 Å². The van der Waals surface area contributed by atoms with Crippen LogP contribution >= 0.6 is 0 Å². The molecule has 1 unspecified atom stereocenters. The largest absolute Gasteiger partial charge is 0.445 e. The first-order chi connectivity index (χ1) is 18.0. The molecule has 1 aliphatic heterocycles. The topological polar surface area (TPSA) is 101 Å². The van der Waals surface area contributed by atoms with E-state index < -0.39 is 49.9 Å². The van der Waals surface area contributed by atoms with E-state index in [1.165, 1.54) is 36.4 Å². The molecule has 3 heterocycles. The lowest BCUT2D eigenvalue weighted by Gasteiger charge is -2.21. The van der Waals surface area contributed by atoms with Gasteiger partial charge in [-0.15, -0.1) is 0 Å². The highest BCUT2D eigenvalue weighted by atomic mass is 32.2. The summed E-state index contributed by atoms with van der Waals surface area (Å²) in [6, 6.07) is 12.3. The van der Waals surface area contributed by atoms with Gasteiger partial charge in [0.25, 0.3) is 0 Å². The van der Waals surface area contributed by atoms with E-state index in [-0.39, 0.29) is 16.5 Å². The maximum absolute atomic E-state index is 13.8. The zero-order valence-corrected chi connectivity index (χ0v) is 20.4. The summed E-state index contributed by atoms with van der Waals surface area (Å²) < 4.78 is 85.6. The molecule has 1 aliphatic rings. The number of carbonyl (C=O) groups excluding carboxylic acids is 1. The maximum Gasteiger partial charge on any atom is 0.433 e. The average molecular weight is 548 g/mol. The molecule has 1 saturated heterocycles. The monoisotopic (exact) mass is 547 g/mol. The zero-order chi connectivity index (χ0) is 27.1. The van der Waals surface area contributed by atoms with Crippen LogP contribution in [0.15, 0.2) is 76.4 Å². The summed E-state index contributed by atoms with van der Waals surface area (Å²) >= 11 is 0. The van der Waals surface area contributed by atoms with Gasteiger partial charge in [-0.25, -0.2) is 12.8 Å². The molecule has 2 N–H and O–H groups in total. The van der Waals surface area contributed by atoms with Crippen molar-refractivity contribution >= 4 is 26.7 Å². The molecule has 1 amide bonds. The molecule has 38 heavy (non-hydrogen) atoms. The van der Waals surface area contributed by atoms with Crippen molar-refractivity contribution in [3.05, 3.63) is 83.9 Å². The maximum atomic E-state index is 13.8. The van der Waals surface area contributed by atoms with Gasteiger partial charge in [0.05, 0.1) is 6.04 Å². The molecule has 7 nitrogen and oxygen atoms in total. The molecule has 0 spiro atoms. The van der Waals surface area contributed by atoms with Crippen LogP contribution in [0.1, 0.15) is 29.5 Å². The predicted molar refractivity (Wildman–Crippen MR) is 130 cm³/mol. The highest BCUT2D eigenvalue weighted by molar-refractivity contribution is 7.91. The van der Waals surface area contributed by atoms with Crippen molar-refractivity contribution in [1.29, 1.82) is 0 Å². The highest BCUT2D eigenvalue weighted by Crippen LogP contribution is 2.34. The number of halogens is 4. The summed E-state index contributed by atoms with van der Waals surface area (Å²) in [5.41, 5.74) is -0.0455. The molecule has 198 valence electrons. The van der Waals surface area contributed by atoms with Crippen LogP contribution in [0.3, 0.4) is 0 Å². The lowest BCUT2D eigenvalue weighted by molar-refractivity contribution is -0.141. The Labute approximate surface area is 214 Å². The van der Waals surface area contributed by atoms with E-state index in [1.54, 1.807) is 6.07 Å². The molecule has 2 aromatic heterocycles. The fraction of sp³-hybridized carbons (Fsp3) is 0.231. The fourth-order valence-electron chi connectivity index (χ4n) is 4.34. The van der Waals surface area contributed by atoms with Gasteiger partial charge >= 0.3 is 6.18 Å². The number of pyridine rings is 1. The van der Waals surface area contributed by atoms with Crippen LogP contribution in [0.25, 0.3) is 22.1 Å². The van der Waals surface area contributed by atoms with Crippen molar-refractivity contribution in [3.63, 3.8) is 0 Å². The summed E-state index contributed by atoms with van der Waals surface area (Å²) in [6.07, 6.45) is -2.28. The number of sulfone groups is 1. The first-order valence-electron chi connectivity index (χ1n) is 11.6. The van der Waals surface area contributed by atoms with Crippen molar-refractivity contribution in [3.8, 4) is 11.1 Å².